The monoisotopic (exact) mass is 286 g/mol. The van der Waals surface area contributed by atoms with E-state index >= 15 is 0 Å². The highest BCUT2D eigenvalue weighted by Gasteiger charge is 2.31. The summed E-state index contributed by atoms with van der Waals surface area (Å²) in [4.78, 5) is 25.0. The molecular weight excluding hydrogens is 268 g/mol. The van der Waals surface area contributed by atoms with Crippen LogP contribution in [0.25, 0.3) is 0 Å². The lowest BCUT2D eigenvalue weighted by Crippen LogP contribution is -2.38. The topological polar surface area (TPSA) is 64.1 Å². The molecule has 0 amide bonds. The Bertz CT molecular complexity index is 699. The van der Waals surface area contributed by atoms with Gasteiger partial charge in [0.15, 0.2) is 0 Å². The second-order valence-corrected chi connectivity index (χ2v) is 5.51. The van der Waals surface area contributed by atoms with E-state index in [1.807, 2.05) is 30.3 Å². The maximum atomic E-state index is 11.7. The summed E-state index contributed by atoms with van der Waals surface area (Å²) in [6.45, 7) is 1.34. The van der Waals surface area contributed by atoms with E-state index in [1.165, 1.54) is 11.6 Å². The summed E-state index contributed by atoms with van der Waals surface area (Å²) in [5, 5.41) is 0. The minimum absolute atomic E-state index is 0.180. The molecule has 0 unspecified atom stereocenters. The molecule has 1 aromatic carbocycles. The van der Waals surface area contributed by atoms with Crippen molar-refractivity contribution in [1.82, 2.24) is 9.55 Å². The van der Waals surface area contributed by atoms with E-state index in [1.54, 1.807) is 10.8 Å². The molecule has 0 aliphatic heterocycles. The molecule has 1 aliphatic carbocycles. The maximum absolute atomic E-state index is 11.7. The molecule has 3 rings (SSSR count). The Kier molecular flexibility index (Phi) is 4.01. The first-order valence-corrected chi connectivity index (χ1v) is 7.15. The van der Waals surface area contributed by atoms with E-state index in [4.69, 9.17) is 4.74 Å². The van der Waals surface area contributed by atoms with Crippen molar-refractivity contribution in [3.63, 3.8) is 0 Å². The number of rotatable bonds is 5. The number of hydrogen-bond donors (Lipinski definition) is 1. The van der Waals surface area contributed by atoms with Crippen molar-refractivity contribution in [1.29, 1.82) is 0 Å². The van der Waals surface area contributed by atoms with Crippen molar-refractivity contribution >= 4 is 0 Å². The van der Waals surface area contributed by atoms with E-state index < -0.39 is 0 Å². The number of H-pyrrole nitrogens is 1. The zero-order valence-corrected chi connectivity index (χ0v) is 11.7. The predicted octanol–water partition coefficient (Wildman–Crippen LogP) is 1.70. The van der Waals surface area contributed by atoms with E-state index in [2.05, 4.69) is 4.98 Å². The molecule has 1 fully saturated rings. The van der Waals surface area contributed by atoms with E-state index in [0.29, 0.717) is 19.1 Å². The van der Waals surface area contributed by atoms with Crippen molar-refractivity contribution in [2.45, 2.75) is 25.5 Å². The number of ether oxygens (including phenoxy) is 1. The van der Waals surface area contributed by atoms with E-state index in [0.717, 1.165) is 12.8 Å². The predicted molar refractivity (Wildman–Crippen MR) is 79.2 cm³/mol. The minimum atomic E-state index is -0.349. The van der Waals surface area contributed by atoms with Crippen LogP contribution in [0.15, 0.2) is 52.2 Å². The Labute approximate surface area is 122 Å². The highest BCUT2D eigenvalue weighted by molar-refractivity contribution is 5.13. The summed E-state index contributed by atoms with van der Waals surface area (Å²) in [5.41, 5.74) is 0.500. The first kappa shape index (κ1) is 13.8. The van der Waals surface area contributed by atoms with E-state index in [-0.39, 0.29) is 17.3 Å². The van der Waals surface area contributed by atoms with Gasteiger partial charge in [0.2, 0.25) is 0 Å². The second kappa shape index (κ2) is 6.10. The largest absolute Gasteiger partial charge is 0.376 e. The summed E-state index contributed by atoms with van der Waals surface area (Å²) < 4.78 is 7.32. The van der Waals surface area contributed by atoms with Crippen LogP contribution in [-0.4, -0.2) is 16.2 Å². The van der Waals surface area contributed by atoms with Crippen LogP contribution in [0.5, 0.6) is 0 Å². The lowest BCUT2D eigenvalue weighted by atomic mass is 9.80. The Morgan fingerprint density at radius 3 is 2.62 bits per heavy atom. The molecule has 0 bridgehead atoms. The number of hydrogen-bond acceptors (Lipinski definition) is 3. The Hall–Kier alpha value is -2.14. The summed E-state index contributed by atoms with van der Waals surface area (Å²) in [6, 6.07) is 11.6. The van der Waals surface area contributed by atoms with Gasteiger partial charge >= 0.3 is 5.69 Å². The standard InChI is InChI=1S/C16H18N2O3/c19-15-6-7-18(16(20)17-15)14-8-13(9-14)11-21-10-12-4-2-1-3-5-12/h1-7,13-14H,8-11H2,(H,17,19,20). The Balaban J connectivity index is 1.46. The van der Waals surface area contributed by atoms with Gasteiger partial charge in [-0.1, -0.05) is 30.3 Å². The zero-order chi connectivity index (χ0) is 14.7. The first-order valence-electron chi connectivity index (χ1n) is 7.15. The smallest absolute Gasteiger partial charge is 0.328 e. The van der Waals surface area contributed by atoms with Crippen LogP contribution in [0.3, 0.4) is 0 Å². The van der Waals surface area contributed by atoms with Crippen LogP contribution in [0.4, 0.5) is 0 Å². The molecule has 5 nitrogen and oxygen atoms in total. The molecule has 1 saturated carbocycles. The molecule has 0 spiro atoms. The highest BCUT2D eigenvalue weighted by Crippen LogP contribution is 2.36. The SMILES string of the molecule is O=c1ccn(C2CC(COCc3ccccc3)C2)c(=O)[nH]1. The molecule has 0 saturated heterocycles. The number of nitrogens with one attached hydrogen (secondary N) is 1. The van der Waals surface area contributed by atoms with Gasteiger partial charge in [-0.25, -0.2) is 4.79 Å². The average molecular weight is 286 g/mol. The molecule has 21 heavy (non-hydrogen) atoms. The van der Waals surface area contributed by atoms with Crippen LogP contribution < -0.4 is 11.2 Å². The number of benzene rings is 1. The lowest BCUT2D eigenvalue weighted by Gasteiger charge is -2.36. The van der Waals surface area contributed by atoms with Gasteiger partial charge in [0.25, 0.3) is 5.56 Å². The van der Waals surface area contributed by atoms with Crippen molar-refractivity contribution < 1.29 is 4.74 Å². The average Bonchev–Trinajstić information content (AvgIpc) is 2.44. The van der Waals surface area contributed by atoms with Crippen LogP contribution in [0.2, 0.25) is 0 Å². The van der Waals surface area contributed by atoms with Crippen molar-refractivity contribution in [3.05, 3.63) is 69.0 Å². The van der Waals surface area contributed by atoms with Crippen molar-refractivity contribution in [2.24, 2.45) is 5.92 Å². The number of aromatic amines is 1. The van der Waals surface area contributed by atoms with E-state index in [9.17, 15) is 9.59 Å². The summed E-state index contributed by atoms with van der Waals surface area (Å²) in [6.07, 6.45) is 3.41. The van der Waals surface area contributed by atoms with Crippen molar-refractivity contribution in [3.8, 4) is 0 Å². The highest BCUT2D eigenvalue weighted by atomic mass is 16.5. The quantitative estimate of drug-likeness (QED) is 0.910. The van der Waals surface area contributed by atoms with Gasteiger partial charge in [-0.05, 0) is 24.3 Å². The fourth-order valence-electron chi connectivity index (χ4n) is 2.70. The molecule has 1 N–H and O–H groups in total. The normalized spacial score (nSPS) is 21.0. The molecule has 0 atom stereocenters. The fraction of sp³-hybridized carbons (Fsp3) is 0.375. The summed E-state index contributed by atoms with van der Waals surface area (Å²) in [5.74, 6) is 0.484. The minimum Gasteiger partial charge on any atom is -0.376 e. The molecular formula is C16H18N2O3. The molecule has 5 heteroatoms. The zero-order valence-electron chi connectivity index (χ0n) is 11.7. The van der Waals surface area contributed by atoms with Crippen LogP contribution in [-0.2, 0) is 11.3 Å². The van der Waals surface area contributed by atoms with Gasteiger partial charge < -0.3 is 4.74 Å². The molecule has 110 valence electrons. The van der Waals surface area contributed by atoms with Gasteiger partial charge in [-0.15, -0.1) is 0 Å². The van der Waals surface area contributed by atoms with Gasteiger partial charge in [-0.2, -0.15) is 0 Å². The summed E-state index contributed by atoms with van der Waals surface area (Å²) in [7, 11) is 0. The third kappa shape index (κ3) is 3.31. The maximum Gasteiger partial charge on any atom is 0.328 e. The molecule has 1 heterocycles. The van der Waals surface area contributed by atoms with Gasteiger partial charge in [-0.3, -0.25) is 14.3 Å². The molecule has 2 aromatic rings. The molecule has 1 aliphatic rings. The number of aromatic nitrogens is 2. The lowest BCUT2D eigenvalue weighted by molar-refractivity contribution is 0.0367. The third-order valence-electron chi connectivity index (χ3n) is 3.92. The van der Waals surface area contributed by atoms with Crippen LogP contribution in [0, 0.1) is 5.92 Å². The summed E-state index contributed by atoms with van der Waals surface area (Å²) >= 11 is 0. The Morgan fingerprint density at radius 2 is 1.90 bits per heavy atom. The second-order valence-electron chi connectivity index (χ2n) is 5.51. The van der Waals surface area contributed by atoms with Crippen LogP contribution in [0.1, 0.15) is 24.4 Å². The third-order valence-corrected chi connectivity index (χ3v) is 3.92. The fourth-order valence-corrected chi connectivity index (χ4v) is 2.70. The van der Waals surface area contributed by atoms with Gasteiger partial charge in [0, 0.05) is 24.9 Å². The van der Waals surface area contributed by atoms with Crippen LogP contribution >= 0.6 is 0 Å². The molecule has 0 radical (unpaired) electrons. The van der Waals surface area contributed by atoms with Gasteiger partial charge in [0.1, 0.15) is 0 Å². The first-order chi connectivity index (χ1) is 10.2. The van der Waals surface area contributed by atoms with Crippen molar-refractivity contribution in [2.75, 3.05) is 6.61 Å². The Morgan fingerprint density at radius 1 is 1.14 bits per heavy atom. The van der Waals surface area contributed by atoms with Gasteiger partial charge in [0.05, 0.1) is 6.61 Å². The molecule has 1 aromatic heterocycles. The number of nitrogens with zero attached hydrogens (tertiary/aromatic N) is 1.